The summed E-state index contributed by atoms with van der Waals surface area (Å²) in [4.78, 5) is 24.4. The quantitative estimate of drug-likeness (QED) is 0.0324. The normalized spacial score (nSPS) is 12.9. The first kappa shape index (κ1) is 54.3. The van der Waals surface area contributed by atoms with Crippen LogP contribution in [0.3, 0.4) is 0 Å². The summed E-state index contributed by atoms with van der Waals surface area (Å²) >= 11 is 0. The maximum Gasteiger partial charge on any atom is 0.305 e. The topological polar surface area (TPSA) is 95.9 Å². The first-order valence-electron chi connectivity index (χ1n) is 24.6. The largest absolute Gasteiger partial charge is 0.466 e. The van der Waals surface area contributed by atoms with E-state index in [1.807, 2.05) is 6.08 Å². The standard InChI is InChI=1S/C50H95NO5/c1-3-5-7-9-11-13-15-16-19-23-26-30-34-38-42-48(53)47(46-52)51-49(54)43-39-35-31-27-24-20-17-18-21-25-29-33-37-41-45-56-50(55)44-40-36-32-28-22-14-12-10-8-6-4-2/h10,12,38,42,47-48,52-53H,3-9,11,13-37,39-41,43-46H2,1-2H3,(H,51,54)/b12-10-,42-38+. The molecule has 0 aliphatic rings. The van der Waals surface area contributed by atoms with Gasteiger partial charge in [0.1, 0.15) is 0 Å². The van der Waals surface area contributed by atoms with Crippen molar-refractivity contribution in [3.8, 4) is 0 Å². The van der Waals surface area contributed by atoms with Gasteiger partial charge in [-0.1, -0.05) is 218 Å². The number of ether oxygens (including phenoxy) is 1. The zero-order chi connectivity index (χ0) is 40.8. The van der Waals surface area contributed by atoms with Crippen molar-refractivity contribution < 1.29 is 24.5 Å². The number of amides is 1. The fourth-order valence-corrected chi connectivity index (χ4v) is 7.38. The number of rotatable bonds is 45. The molecule has 0 spiro atoms. The zero-order valence-electron chi connectivity index (χ0n) is 37.4. The highest BCUT2D eigenvalue weighted by Gasteiger charge is 2.18. The van der Waals surface area contributed by atoms with Crippen molar-refractivity contribution in [2.75, 3.05) is 13.2 Å². The molecule has 0 saturated carbocycles. The Hall–Kier alpha value is -1.66. The molecule has 0 rings (SSSR count). The zero-order valence-corrected chi connectivity index (χ0v) is 37.4. The number of aliphatic hydroxyl groups is 2. The van der Waals surface area contributed by atoms with Crippen LogP contribution >= 0.6 is 0 Å². The number of carbonyl (C=O) groups excluding carboxylic acids is 2. The monoisotopic (exact) mass is 790 g/mol. The molecule has 6 nitrogen and oxygen atoms in total. The van der Waals surface area contributed by atoms with Crippen molar-refractivity contribution in [1.82, 2.24) is 5.32 Å². The van der Waals surface area contributed by atoms with Crippen LogP contribution in [0, 0.1) is 0 Å². The smallest absolute Gasteiger partial charge is 0.305 e. The Bertz CT molecular complexity index is 874. The minimum absolute atomic E-state index is 0.0150. The Kier molecular flexibility index (Phi) is 44.7. The molecule has 0 aromatic heterocycles. The molecule has 0 aromatic rings. The van der Waals surface area contributed by atoms with E-state index in [-0.39, 0.29) is 18.5 Å². The molecule has 6 heteroatoms. The third kappa shape index (κ3) is 42.0. The number of allylic oxidation sites excluding steroid dienone is 3. The summed E-state index contributed by atoms with van der Waals surface area (Å²) in [5.41, 5.74) is 0. The van der Waals surface area contributed by atoms with E-state index in [0.717, 1.165) is 57.8 Å². The molecule has 0 aliphatic heterocycles. The number of unbranched alkanes of at least 4 members (excludes halogenated alkanes) is 32. The van der Waals surface area contributed by atoms with E-state index in [9.17, 15) is 19.8 Å². The van der Waals surface area contributed by atoms with Gasteiger partial charge in [0.15, 0.2) is 0 Å². The van der Waals surface area contributed by atoms with Gasteiger partial charge < -0.3 is 20.3 Å². The molecule has 0 aliphatic carbocycles. The first-order valence-corrected chi connectivity index (χ1v) is 24.6. The maximum absolute atomic E-state index is 12.4. The second-order valence-corrected chi connectivity index (χ2v) is 16.8. The summed E-state index contributed by atoms with van der Waals surface area (Å²) < 4.78 is 5.44. The molecule has 0 radical (unpaired) electrons. The molecule has 2 atom stereocenters. The van der Waals surface area contributed by atoms with Crippen LogP contribution in [0.15, 0.2) is 24.3 Å². The lowest BCUT2D eigenvalue weighted by Gasteiger charge is -2.20. The number of esters is 1. The van der Waals surface area contributed by atoms with Crippen molar-refractivity contribution in [2.24, 2.45) is 0 Å². The van der Waals surface area contributed by atoms with Gasteiger partial charge in [-0.05, 0) is 51.4 Å². The molecule has 0 aromatic carbocycles. The number of carbonyl (C=O) groups is 2. The van der Waals surface area contributed by atoms with Crippen LogP contribution < -0.4 is 5.32 Å². The fraction of sp³-hybridized carbons (Fsp3) is 0.880. The van der Waals surface area contributed by atoms with Gasteiger partial charge in [0.25, 0.3) is 0 Å². The lowest BCUT2D eigenvalue weighted by molar-refractivity contribution is -0.143. The molecule has 2 unspecified atom stereocenters. The van der Waals surface area contributed by atoms with Crippen LogP contribution in [-0.4, -0.2) is 47.4 Å². The summed E-state index contributed by atoms with van der Waals surface area (Å²) in [6.07, 6.45) is 53.1. The second kappa shape index (κ2) is 46.0. The van der Waals surface area contributed by atoms with Gasteiger partial charge in [0, 0.05) is 12.8 Å². The summed E-state index contributed by atoms with van der Waals surface area (Å²) in [5.74, 6) is -0.0942. The lowest BCUT2D eigenvalue weighted by atomic mass is 10.0. The van der Waals surface area contributed by atoms with Crippen LogP contribution in [0.2, 0.25) is 0 Å². The predicted molar refractivity (Wildman–Crippen MR) is 241 cm³/mol. The number of nitrogens with one attached hydrogen (secondary N) is 1. The Labute approximate surface area is 348 Å². The summed E-state index contributed by atoms with van der Waals surface area (Å²) in [5, 5.41) is 23.0. The third-order valence-corrected chi connectivity index (χ3v) is 11.2. The molecule has 3 N–H and O–H groups in total. The first-order chi connectivity index (χ1) is 27.5. The number of aliphatic hydroxyl groups excluding tert-OH is 2. The molecule has 330 valence electrons. The average molecular weight is 790 g/mol. The summed E-state index contributed by atoms with van der Waals surface area (Å²) in [6, 6.07) is -0.635. The second-order valence-electron chi connectivity index (χ2n) is 16.8. The summed E-state index contributed by atoms with van der Waals surface area (Å²) in [7, 11) is 0. The molecule has 56 heavy (non-hydrogen) atoms. The molecule has 0 fully saturated rings. The molecule has 0 bridgehead atoms. The minimum Gasteiger partial charge on any atom is -0.466 e. The van der Waals surface area contributed by atoms with E-state index in [1.165, 1.54) is 173 Å². The highest BCUT2D eigenvalue weighted by atomic mass is 16.5. The van der Waals surface area contributed by atoms with Gasteiger partial charge in [0.05, 0.1) is 25.4 Å². The van der Waals surface area contributed by atoms with Gasteiger partial charge in [0.2, 0.25) is 5.91 Å². The SMILES string of the molecule is CCCC/C=C\CCCCCCCC(=O)OCCCCCCCCCCCCCCCCC(=O)NC(CO)C(O)/C=C/CCCCCCCCCCCCCC. The van der Waals surface area contributed by atoms with Gasteiger partial charge in [-0.2, -0.15) is 0 Å². The van der Waals surface area contributed by atoms with Crippen molar-refractivity contribution in [1.29, 1.82) is 0 Å². The lowest BCUT2D eigenvalue weighted by Crippen LogP contribution is -2.45. The van der Waals surface area contributed by atoms with Gasteiger partial charge in [-0.25, -0.2) is 0 Å². The van der Waals surface area contributed by atoms with Crippen LogP contribution in [0.5, 0.6) is 0 Å². The maximum atomic E-state index is 12.4. The van der Waals surface area contributed by atoms with E-state index in [0.29, 0.717) is 19.4 Å². The molecule has 0 heterocycles. The van der Waals surface area contributed by atoms with Crippen LogP contribution in [0.1, 0.15) is 258 Å². The molecule has 1 amide bonds. The predicted octanol–water partition coefficient (Wildman–Crippen LogP) is 14.3. The minimum atomic E-state index is -0.850. The van der Waals surface area contributed by atoms with E-state index in [2.05, 4.69) is 31.3 Å². The van der Waals surface area contributed by atoms with Crippen molar-refractivity contribution >= 4 is 11.9 Å². The van der Waals surface area contributed by atoms with E-state index in [1.54, 1.807) is 6.08 Å². The van der Waals surface area contributed by atoms with Crippen LogP contribution in [0.25, 0.3) is 0 Å². The van der Waals surface area contributed by atoms with Crippen LogP contribution in [0.4, 0.5) is 0 Å². The highest BCUT2D eigenvalue weighted by molar-refractivity contribution is 5.76. The Morgan fingerprint density at radius 3 is 1.32 bits per heavy atom. The molecular weight excluding hydrogens is 695 g/mol. The fourth-order valence-electron chi connectivity index (χ4n) is 7.38. The van der Waals surface area contributed by atoms with Gasteiger partial charge in [-0.15, -0.1) is 0 Å². The molecular formula is C50H95NO5. The number of hydrogen-bond donors (Lipinski definition) is 3. The Morgan fingerprint density at radius 2 is 0.857 bits per heavy atom. The van der Waals surface area contributed by atoms with E-state index in [4.69, 9.17) is 4.74 Å². The highest BCUT2D eigenvalue weighted by Crippen LogP contribution is 2.15. The van der Waals surface area contributed by atoms with Gasteiger partial charge in [-0.3, -0.25) is 9.59 Å². The van der Waals surface area contributed by atoms with Crippen molar-refractivity contribution in [2.45, 2.75) is 270 Å². The van der Waals surface area contributed by atoms with E-state index < -0.39 is 12.1 Å². The van der Waals surface area contributed by atoms with E-state index >= 15 is 0 Å². The van der Waals surface area contributed by atoms with Gasteiger partial charge >= 0.3 is 5.97 Å². The Morgan fingerprint density at radius 1 is 0.482 bits per heavy atom. The van der Waals surface area contributed by atoms with Crippen molar-refractivity contribution in [3.63, 3.8) is 0 Å². The van der Waals surface area contributed by atoms with Crippen molar-refractivity contribution in [3.05, 3.63) is 24.3 Å². The third-order valence-electron chi connectivity index (χ3n) is 11.2. The van der Waals surface area contributed by atoms with Crippen LogP contribution in [-0.2, 0) is 14.3 Å². The Balaban J connectivity index is 3.49. The average Bonchev–Trinajstić information content (AvgIpc) is 3.20. The molecule has 0 saturated heterocycles. The summed E-state index contributed by atoms with van der Waals surface area (Å²) in [6.45, 7) is 4.83. The number of hydrogen-bond acceptors (Lipinski definition) is 5.